The molecule has 7 rings (SSSR count). The number of hydrogen-bond acceptors (Lipinski definition) is 8. The van der Waals surface area contributed by atoms with Crippen molar-refractivity contribution in [1.82, 2.24) is 4.90 Å². The number of imide groups is 2. The van der Waals surface area contributed by atoms with Gasteiger partial charge in [0.15, 0.2) is 0 Å². The molecule has 0 fully saturated rings. The van der Waals surface area contributed by atoms with Crippen LogP contribution in [0.4, 0.5) is 5.69 Å². The Bertz CT molecular complexity index is 2180. The van der Waals surface area contributed by atoms with Gasteiger partial charge in [0.1, 0.15) is 28.7 Å². The predicted molar refractivity (Wildman–Crippen MR) is 200 cm³/mol. The molecule has 2 aliphatic rings. The van der Waals surface area contributed by atoms with Crippen LogP contribution in [-0.4, -0.2) is 39.8 Å². The van der Waals surface area contributed by atoms with E-state index in [1.807, 2.05) is 43.3 Å². The number of anilines is 1. The summed E-state index contributed by atoms with van der Waals surface area (Å²) in [5.41, 5.74) is 2.08. The van der Waals surface area contributed by atoms with Gasteiger partial charge >= 0.3 is 49.4 Å². The number of aryl methyl sites for hydroxylation is 1. The molecule has 0 N–H and O–H groups in total. The van der Waals surface area contributed by atoms with Gasteiger partial charge in [0, 0.05) is 13.1 Å². The van der Waals surface area contributed by atoms with Crippen molar-refractivity contribution < 1.29 is 46.5 Å². The first-order valence-corrected chi connectivity index (χ1v) is 24.8. The Kier molecular flexibility index (Phi) is 11.1. The average molecular weight is 949 g/mol. The Balaban J connectivity index is 0.00000139. The summed E-state index contributed by atoms with van der Waals surface area (Å²) in [6.07, 6.45) is 0. The predicted octanol–water partition coefficient (Wildman–Crippen LogP) is 8.48. The molecular formula is C36H24I2N2O8SV. The maximum atomic E-state index is 13.4. The first kappa shape index (κ1) is 35.8. The molecule has 0 radical (unpaired) electrons. The standard InChI is InChI=1S/C36H24N2O8S.2HI.V/c1-21-6-10-23(11-7-21)44-25-4-3-5-26(18-25)45-24-12-8-22(9-13-24)38-35(41)30-17-15-28(20-32(30)36(38)42)47(43)46-27-14-16-29-31(19-27)34(40)37(2)33(29)39;;;/h3-20H,1-2H3;2*1H;/q;;;+2/p-2. The van der Waals surface area contributed by atoms with Crippen LogP contribution in [0.25, 0.3) is 0 Å². The van der Waals surface area contributed by atoms with E-state index < -0.39 is 34.7 Å². The molecule has 0 aliphatic carbocycles. The van der Waals surface area contributed by atoms with E-state index in [-0.39, 0.29) is 32.9 Å². The first-order chi connectivity index (χ1) is 24.1. The van der Waals surface area contributed by atoms with Crippen molar-refractivity contribution in [3.63, 3.8) is 0 Å². The summed E-state index contributed by atoms with van der Waals surface area (Å²) in [4.78, 5) is 53.3. The number of nitrogens with zero attached hydrogens (tertiary/aromatic N) is 2. The molecule has 0 saturated heterocycles. The second-order valence-electron chi connectivity index (χ2n) is 10.9. The summed E-state index contributed by atoms with van der Waals surface area (Å²) in [6, 6.07) is 29.8. The monoisotopic (exact) mass is 949 g/mol. The Morgan fingerprint density at radius 2 is 1.08 bits per heavy atom. The van der Waals surface area contributed by atoms with E-state index in [2.05, 4.69) is 40.0 Å². The van der Waals surface area contributed by atoms with E-state index in [0.29, 0.717) is 38.2 Å². The molecule has 2 heterocycles. The van der Waals surface area contributed by atoms with Crippen LogP contribution < -0.4 is 18.6 Å². The fourth-order valence-corrected chi connectivity index (χ4v) is 6.00. The zero-order valence-electron chi connectivity index (χ0n) is 26.2. The second kappa shape index (κ2) is 15.5. The molecule has 251 valence electrons. The number of halogens is 2. The normalized spacial score (nSPS) is 13.7. The molecule has 5 aromatic carbocycles. The first-order valence-electron chi connectivity index (χ1n) is 14.7. The van der Waals surface area contributed by atoms with Crippen molar-refractivity contribution in [2.24, 2.45) is 0 Å². The Labute approximate surface area is 318 Å². The van der Waals surface area contributed by atoms with Gasteiger partial charge in [-0.1, -0.05) is 23.8 Å². The van der Waals surface area contributed by atoms with Gasteiger partial charge < -0.3 is 13.7 Å². The van der Waals surface area contributed by atoms with Crippen molar-refractivity contribution in [3.05, 3.63) is 137 Å². The van der Waals surface area contributed by atoms with Crippen LogP contribution in [0.1, 0.15) is 47.0 Å². The quantitative estimate of drug-likeness (QED) is 0.112. The Morgan fingerprint density at radius 3 is 1.72 bits per heavy atom. The van der Waals surface area contributed by atoms with Crippen molar-refractivity contribution >= 4 is 80.4 Å². The number of fused-ring (bicyclic) bond motifs is 2. The fourth-order valence-electron chi connectivity index (χ4n) is 5.23. The number of carbonyl (C=O) groups is 4. The number of rotatable bonds is 8. The maximum absolute atomic E-state index is 13.4. The van der Waals surface area contributed by atoms with Gasteiger partial charge in [0.05, 0.1) is 32.8 Å². The third-order valence-electron chi connectivity index (χ3n) is 7.68. The third-order valence-corrected chi connectivity index (χ3v) is 8.66. The molecule has 0 bridgehead atoms. The summed E-state index contributed by atoms with van der Waals surface area (Å²) < 4.78 is 30.5. The zero-order valence-corrected chi connectivity index (χ0v) is 32.7. The number of benzene rings is 5. The van der Waals surface area contributed by atoms with Crippen molar-refractivity contribution in [1.29, 1.82) is 0 Å². The molecule has 0 aromatic heterocycles. The van der Waals surface area contributed by atoms with Crippen LogP contribution >= 0.6 is 40.0 Å². The molecule has 5 aromatic rings. The van der Waals surface area contributed by atoms with Gasteiger partial charge in [-0.15, -0.1) is 0 Å². The minimum absolute atomic E-state index is 0.0755. The Hall–Kier alpha value is -4.03. The summed E-state index contributed by atoms with van der Waals surface area (Å²) >= 11 is 2.65. The topological polar surface area (TPSA) is 120 Å². The fraction of sp³-hybridized carbons (Fsp3) is 0.0556. The van der Waals surface area contributed by atoms with Crippen molar-refractivity contribution in [2.75, 3.05) is 11.9 Å². The SMILES string of the molecule is Cc1ccc(Oc2cccc(Oc3ccc(N4C(=O)c5ccc(S(=O)Oc6ccc7c(c6)C(=O)N(C)C7=O)cc5C4=O)cc3)c2)cc1.[I][V][I]. The van der Waals surface area contributed by atoms with E-state index in [4.69, 9.17) is 13.7 Å². The molecule has 1 atom stereocenters. The summed E-state index contributed by atoms with van der Waals surface area (Å²) in [5, 5.41) is 0. The van der Waals surface area contributed by atoms with Crippen LogP contribution in [0.3, 0.4) is 0 Å². The summed E-state index contributed by atoms with van der Waals surface area (Å²) in [7, 11) is 2.00. The van der Waals surface area contributed by atoms with Crippen LogP contribution in [-0.2, 0) is 20.5 Å². The van der Waals surface area contributed by atoms with Gasteiger partial charge in [-0.2, -0.15) is 0 Å². The van der Waals surface area contributed by atoms with Crippen LogP contribution in [0.5, 0.6) is 28.7 Å². The Morgan fingerprint density at radius 1 is 0.580 bits per heavy atom. The second-order valence-corrected chi connectivity index (χ2v) is 23.8. The van der Waals surface area contributed by atoms with Gasteiger partial charge in [-0.25, -0.2) is 9.11 Å². The third kappa shape index (κ3) is 7.51. The van der Waals surface area contributed by atoms with Gasteiger partial charge in [-0.3, -0.25) is 24.1 Å². The van der Waals surface area contributed by atoms with Gasteiger partial charge in [0.2, 0.25) is 11.1 Å². The molecule has 50 heavy (non-hydrogen) atoms. The molecule has 1 unspecified atom stereocenters. The van der Waals surface area contributed by atoms with E-state index in [1.54, 1.807) is 36.4 Å². The van der Waals surface area contributed by atoms with E-state index in [9.17, 15) is 23.4 Å². The number of hydrogen-bond donors (Lipinski definition) is 0. The number of carbonyl (C=O) groups excluding carboxylic acids is 4. The van der Waals surface area contributed by atoms with E-state index in [0.717, 1.165) is 15.4 Å². The van der Waals surface area contributed by atoms with Crippen molar-refractivity contribution in [2.45, 2.75) is 11.8 Å². The van der Waals surface area contributed by atoms with E-state index >= 15 is 0 Å². The zero-order chi connectivity index (χ0) is 35.5. The average Bonchev–Trinajstić information content (AvgIpc) is 3.49. The molecular weight excluding hydrogens is 925 g/mol. The van der Waals surface area contributed by atoms with Crippen LogP contribution in [0.15, 0.2) is 114 Å². The van der Waals surface area contributed by atoms with Crippen LogP contribution in [0, 0.1) is 6.92 Å². The summed E-state index contributed by atoms with van der Waals surface area (Å²) in [5.74, 6) is 0.415. The van der Waals surface area contributed by atoms with Crippen molar-refractivity contribution in [3.8, 4) is 28.7 Å². The number of amides is 4. The molecule has 0 saturated carbocycles. The molecule has 2 aliphatic heterocycles. The molecule has 10 nitrogen and oxygen atoms in total. The van der Waals surface area contributed by atoms with Gasteiger partial charge in [-0.05, 0) is 91.9 Å². The number of ether oxygens (including phenoxy) is 2. The minimum atomic E-state index is -2.09. The molecule has 0 spiro atoms. The molecule has 14 heteroatoms. The summed E-state index contributed by atoms with van der Waals surface area (Å²) in [6.45, 7) is 2.00. The van der Waals surface area contributed by atoms with E-state index in [1.165, 1.54) is 43.4 Å². The molecule has 4 amide bonds. The van der Waals surface area contributed by atoms with Crippen LogP contribution in [0.2, 0.25) is 0 Å². The van der Waals surface area contributed by atoms with Gasteiger partial charge in [0.25, 0.3) is 23.6 Å².